The number of hydrogen-bond donors (Lipinski definition) is 3. The Labute approximate surface area is 214 Å². The van der Waals surface area contributed by atoms with E-state index >= 15 is 0 Å². The zero-order chi connectivity index (χ0) is 26.5. The quantitative estimate of drug-likeness (QED) is 0.325. The van der Waals surface area contributed by atoms with Crippen molar-refractivity contribution in [2.24, 2.45) is 5.22 Å². The van der Waals surface area contributed by atoms with Crippen LogP contribution in [0.4, 0.5) is 26.8 Å². The Morgan fingerprint density at radius 3 is 2.51 bits per heavy atom. The van der Waals surface area contributed by atoms with E-state index in [2.05, 4.69) is 20.8 Å². The van der Waals surface area contributed by atoms with Gasteiger partial charge in [0.25, 0.3) is 5.91 Å². The summed E-state index contributed by atoms with van der Waals surface area (Å²) in [5.41, 5.74) is 11.4. The van der Waals surface area contributed by atoms with Crippen LogP contribution >= 0.6 is 0 Å². The molecule has 190 valence electrons. The first-order valence-corrected chi connectivity index (χ1v) is 11.8. The second-order valence-corrected chi connectivity index (χ2v) is 8.36. The summed E-state index contributed by atoms with van der Waals surface area (Å²) in [6, 6.07) is 15.5. The molecule has 2 heterocycles. The van der Waals surface area contributed by atoms with Crippen molar-refractivity contribution in [3.05, 3.63) is 71.9 Å². The molecule has 3 aromatic rings. The van der Waals surface area contributed by atoms with Gasteiger partial charge < -0.3 is 10.6 Å². The van der Waals surface area contributed by atoms with E-state index in [9.17, 15) is 14.4 Å². The van der Waals surface area contributed by atoms with Gasteiger partial charge in [0.05, 0.1) is 0 Å². The van der Waals surface area contributed by atoms with Crippen molar-refractivity contribution in [3.8, 4) is 11.1 Å². The number of aromatic nitrogens is 1. The van der Waals surface area contributed by atoms with Crippen molar-refractivity contribution in [1.82, 2.24) is 15.3 Å². The van der Waals surface area contributed by atoms with Crippen molar-refractivity contribution in [2.75, 3.05) is 42.3 Å². The number of amides is 5. The maximum atomic E-state index is 13.4. The molecule has 0 atom stereocenters. The summed E-state index contributed by atoms with van der Waals surface area (Å²) >= 11 is 0. The molecule has 1 aliphatic rings. The number of benzene rings is 2. The number of nitrogens with zero attached hydrogens (tertiary/aromatic N) is 5. The van der Waals surface area contributed by atoms with Crippen LogP contribution in [-0.4, -0.2) is 55.1 Å². The number of nitrogens with one attached hydrogen (secondary N) is 3. The average molecular weight is 501 g/mol. The van der Waals surface area contributed by atoms with Crippen molar-refractivity contribution in [3.63, 3.8) is 0 Å². The number of rotatable bonds is 7. The molecule has 0 bridgehead atoms. The van der Waals surface area contributed by atoms with Crippen molar-refractivity contribution in [1.29, 1.82) is 5.53 Å². The highest BCUT2D eigenvalue weighted by Crippen LogP contribution is 2.33. The normalized spacial score (nSPS) is 12.9. The van der Waals surface area contributed by atoms with E-state index in [1.165, 1.54) is 7.05 Å². The summed E-state index contributed by atoms with van der Waals surface area (Å²) < 4.78 is 0. The second kappa shape index (κ2) is 10.9. The average Bonchev–Trinajstić information content (AvgIpc) is 3.32. The zero-order valence-corrected chi connectivity index (χ0v) is 20.9. The van der Waals surface area contributed by atoms with Crippen LogP contribution in [0.2, 0.25) is 0 Å². The summed E-state index contributed by atoms with van der Waals surface area (Å²) in [5, 5.41) is 9.25. The highest BCUT2D eigenvalue weighted by Gasteiger charge is 2.33. The minimum atomic E-state index is -0.513. The van der Waals surface area contributed by atoms with Crippen molar-refractivity contribution in [2.45, 2.75) is 13.3 Å². The van der Waals surface area contributed by atoms with E-state index in [4.69, 9.17) is 5.53 Å². The Hall–Kier alpha value is -4.80. The lowest BCUT2D eigenvalue weighted by Gasteiger charge is -2.22. The zero-order valence-electron chi connectivity index (χ0n) is 20.9. The Morgan fingerprint density at radius 1 is 1.11 bits per heavy atom. The van der Waals surface area contributed by atoms with E-state index < -0.39 is 6.03 Å². The predicted octanol–water partition coefficient (Wildman–Crippen LogP) is 4.53. The molecule has 4 rings (SSSR count). The molecule has 0 unspecified atom stereocenters. The Kier molecular flexibility index (Phi) is 7.42. The van der Waals surface area contributed by atoms with Gasteiger partial charge in [0.1, 0.15) is 5.82 Å². The topological polar surface area (TPSA) is 134 Å². The molecule has 0 radical (unpaired) electrons. The molecule has 11 nitrogen and oxygen atoms in total. The summed E-state index contributed by atoms with van der Waals surface area (Å²) in [6.07, 6.45) is 2.34. The molecule has 1 fully saturated rings. The molecular weight excluding hydrogens is 472 g/mol. The number of hydrogen-bond acceptors (Lipinski definition) is 6. The van der Waals surface area contributed by atoms with Crippen molar-refractivity contribution >= 4 is 35.2 Å². The van der Waals surface area contributed by atoms with Gasteiger partial charge in [-0.25, -0.2) is 14.6 Å². The third-order valence-electron chi connectivity index (χ3n) is 6.19. The van der Waals surface area contributed by atoms with Crippen LogP contribution in [0.25, 0.3) is 11.1 Å². The van der Waals surface area contributed by atoms with Gasteiger partial charge in [-0.15, -0.1) is 0 Å². The summed E-state index contributed by atoms with van der Waals surface area (Å²) in [4.78, 5) is 45.3. The maximum Gasteiger partial charge on any atom is 0.343 e. The third kappa shape index (κ3) is 5.10. The summed E-state index contributed by atoms with van der Waals surface area (Å²) in [7, 11) is 2.96. The van der Waals surface area contributed by atoms with Gasteiger partial charge in [-0.05, 0) is 53.9 Å². The summed E-state index contributed by atoms with van der Waals surface area (Å²) in [5.74, 6) is 0.392. The van der Waals surface area contributed by atoms with Crippen LogP contribution in [0.5, 0.6) is 0 Å². The molecule has 1 aliphatic heterocycles. The molecule has 37 heavy (non-hydrogen) atoms. The molecule has 3 N–H and O–H groups in total. The molecule has 0 saturated carbocycles. The van der Waals surface area contributed by atoms with Gasteiger partial charge in [-0.3, -0.25) is 14.6 Å². The van der Waals surface area contributed by atoms with Gasteiger partial charge in [0.2, 0.25) is 0 Å². The van der Waals surface area contributed by atoms with E-state index in [0.717, 1.165) is 21.7 Å². The van der Waals surface area contributed by atoms with Gasteiger partial charge in [0.15, 0.2) is 0 Å². The lowest BCUT2D eigenvalue weighted by Crippen LogP contribution is -2.33. The fraction of sp³-hybridized carbons (Fsp3) is 0.231. The summed E-state index contributed by atoms with van der Waals surface area (Å²) in [6.45, 7) is 2.95. The number of urea groups is 2. The van der Waals surface area contributed by atoms with Gasteiger partial charge in [-0.2, -0.15) is 10.5 Å². The number of pyridine rings is 1. The standard InChI is InChI=1S/C26H28N8O3/c1-4-21-22(17-8-10-19(11-9-17)30-25(36)32(3)31-27)12-13-29-23(21)34-15-14-33(26(34)37)20-7-5-6-18(16-20)24(35)28-2/h5-13,16,27H,4,14-15H2,1-3H3,(H,28,35)(H,30,36). The number of carbonyl (C=O) groups excluding carboxylic acids is 3. The van der Waals surface area contributed by atoms with Gasteiger partial charge in [-0.1, -0.05) is 30.3 Å². The second-order valence-electron chi connectivity index (χ2n) is 8.36. The minimum Gasteiger partial charge on any atom is -0.355 e. The maximum absolute atomic E-state index is 13.4. The highest BCUT2D eigenvalue weighted by atomic mass is 16.2. The van der Waals surface area contributed by atoms with E-state index in [-0.39, 0.29) is 11.9 Å². The fourth-order valence-corrected chi connectivity index (χ4v) is 4.25. The molecular formula is C26H28N8O3. The largest absolute Gasteiger partial charge is 0.355 e. The first kappa shape index (κ1) is 25.3. The Morgan fingerprint density at radius 2 is 1.84 bits per heavy atom. The monoisotopic (exact) mass is 500 g/mol. The molecule has 11 heteroatoms. The molecule has 2 aromatic carbocycles. The van der Waals surface area contributed by atoms with E-state index in [0.29, 0.717) is 42.3 Å². The Balaban J connectivity index is 1.59. The highest BCUT2D eigenvalue weighted by molar-refractivity contribution is 6.07. The van der Waals surface area contributed by atoms with Crippen molar-refractivity contribution < 1.29 is 14.4 Å². The predicted molar refractivity (Wildman–Crippen MR) is 141 cm³/mol. The Bertz CT molecular complexity index is 1340. The van der Waals surface area contributed by atoms with E-state index in [1.807, 2.05) is 31.2 Å². The van der Waals surface area contributed by atoms with Crippen LogP contribution in [0.3, 0.4) is 0 Å². The van der Waals surface area contributed by atoms with Crippen LogP contribution in [0.15, 0.2) is 66.0 Å². The van der Waals surface area contributed by atoms with Crippen LogP contribution in [0, 0.1) is 5.53 Å². The number of anilines is 3. The molecule has 1 saturated heterocycles. The van der Waals surface area contributed by atoms with Gasteiger partial charge >= 0.3 is 12.1 Å². The molecule has 1 aromatic heterocycles. The third-order valence-corrected chi connectivity index (χ3v) is 6.19. The van der Waals surface area contributed by atoms with Gasteiger partial charge in [0, 0.05) is 55.9 Å². The number of carbonyl (C=O) groups is 3. The fourth-order valence-electron chi connectivity index (χ4n) is 4.25. The van der Waals surface area contributed by atoms with Crippen LogP contribution < -0.4 is 20.4 Å². The smallest absolute Gasteiger partial charge is 0.343 e. The SMILES string of the molecule is CCc1c(-c2ccc(NC(=O)N(C)N=N)cc2)ccnc1N1CCN(c2cccc(C(=O)NC)c2)C1=O. The lowest BCUT2D eigenvalue weighted by atomic mass is 9.98. The van der Waals surface area contributed by atoms with Crippen LogP contribution in [-0.2, 0) is 6.42 Å². The molecule has 0 aliphatic carbocycles. The first-order chi connectivity index (χ1) is 17.9. The molecule has 5 amide bonds. The minimum absolute atomic E-state index is 0.199. The van der Waals surface area contributed by atoms with Crippen LogP contribution in [0.1, 0.15) is 22.8 Å². The van der Waals surface area contributed by atoms with E-state index in [1.54, 1.807) is 53.4 Å². The molecule has 0 spiro atoms. The lowest BCUT2D eigenvalue weighted by molar-refractivity contribution is 0.0963. The first-order valence-electron chi connectivity index (χ1n) is 11.8.